The predicted octanol–water partition coefficient (Wildman–Crippen LogP) is 5.80. The third kappa shape index (κ3) is 6.03. The number of carbonyl (C=O) groups excluding carboxylic acids is 2. The summed E-state index contributed by atoms with van der Waals surface area (Å²) in [5.41, 5.74) is 3.54. The molecule has 1 N–H and O–H groups in total. The van der Waals surface area contributed by atoms with E-state index in [0.29, 0.717) is 29.9 Å². The number of para-hydroxylation sites is 2. The fourth-order valence-corrected chi connectivity index (χ4v) is 4.58. The number of amides is 2. The molecular formula is C27H34N4O2S. The van der Waals surface area contributed by atoms with Gasteiger partial charge >= 0.3 is 0 Å². The molecule has 2 amide bonds. The normalized spacial score (nSPS) is 11.7. The van der Waals surface area contributed by atoms with Gasteiger partial charge in [-0.15, -0.1) is 11.3 Å². The number of hydrogen-bond acceptors (Lipinski definition) is 5. The van der Waals surface area contributed by atoms with E-state index in [1.165, 1.54) is 0 Å². The summed E-state index contributed by atoms with van der Waals surface area (Å²) in [6.45, 7) is 9.15. The Morgan fingerprint density at radius 3 is 2.38 bits per heavy atom. The van der Waals surface area contributed by atoms with E-state index in [0.717, 1.165) is 29.2 Å². The van der Waals surface area contributed by atoms with E-state index in [2.05, 4.69) is 22.1 Å². The number of anilines is 2. The van der Waals surface area contributed by atoms with Crippen LogP contribution in [-0.4, -0.2) is 41.3 Å². The van der Waals surface area contributed by atoms with Crippen LogP contribution < -0.4 is 10.2 Å². The minimum atomic E-state index is -0.172. The van der Waals surface area contributed by atoms with Crippen LogP contribution in [0.1, 0.15) is 65.0 Å². The van der Waals surface area contributed by atoms with Crippen LogP contribution in [0.3, 0.4) is 0 Å². The van der Waals surface area contributed by atoms with E-state index >= 15 is 0 Å². The lowest BCUT2D eigenvalue weighted by molar-refractivity contribution is 0.0785. The number of aromatic nitrogens is 1. The Kier molecular flexibility index (Phi) is 8.82. The van der Waals surface area contributed by atoms with Crippen molar-refractivity contribution in [2.45, 2.75) is 53.1 Å². The number of nitrogens with one attached hydrogen (secondary N) is 1. The molecule has 3 aromatic rings. The van der Waals surface area contributed by atoms with Crippen LogP contribution in [0, 0.1) is 6.92 Å². The molecule has 1 atom stereocenters. The highest BCUT2D eigenvalue weighted by Crippen LogP contribution is 2.33. The Morgan fingerprint density at radius 2 is 1.76 bits per heavy atom. The van der Waals surface area contributed by atoms with Crippen molar-refractivity contribution >= 4 is 34.5 Å². The van der Waals surface area contributed by atoms with E-state index in [1.54, 1.807) is 35.4 Å². The third-order valence-electron chi connectivity index (χ3n) is 5.67. The molecule has 0 aliphatic rings. The van der Waals surface area contributed by atoms with Gasteiger partial charge in [0.2, 0.25) is 0 Å². The van der Waals surface area contributed by atoms with E-state index in [1.807, 2.05) is 62.5 Å². The van der Waals surface area contributed by atoms with Crippen molar-refractivity contribution < 1.29 is 9.59 Å². The Bertz CT molecular complexity index is 1110. The van der Waals surface area contributed by atoms with Gasteiger partial charge in [-0.25, -0.2) is 4.98 Å². The summed E-state index contributed by atoms with van der Waals surface area (Å²) < 4.78 is 0. The van der Waals surface area contributed by atoms with Crippen LogP contribution in [0.2, 0.25) is 0 Å². The Morgan fingerprint density at radius 1 is 1.06 bits per heavy atom. The van der Waals surface area contributed by atoms with Crippen LogP contribution >= 0.6 is 11.3 Å². The zero-order valence-corrected chi connectivity index (χ0v) is 21.5. The van der Waals surface area contributed by atoms with Gasteiger partial charge in [0.05, 0.1) is 23.4 Å². The van der Waals surface area contributed by atoms with Crippen molar-refractivity contribution in [3.63, 3.8) is 0 Å². The summed E-state index contributed by atoms with van der Waals surface area (Å²) in [4.78, 5) is 35.3. The first-order valence-electron chi connectivity index (χ1n) is 11.8. The van der Waals surface area contributed by atoms with Gasteiger partial charge in [-0.2, -0.15) is 0 Å². The zero-order chi connectivity index (χ0) is 24.7. The lowest BCUT2D eigenvalue weighted by atomic mass is 10.0. The maximum atomic E-state index is 13.7. The third-order valence-corrected chi connectivity index (χ3v) is 6.62. The van der Waals surface area contributed by atoms with Gasteiger partial charge in [0.15, 0.2) is 0 Å². The molecule has 34 heavy (non-hydrogen) atoms. The van der Waals surface area contributed by atoms with E-state index < -0.39 is 0 Å². The monoisotopic (exact) mass is 478 g/mol. The van der Waals surface area contributed by atoms with Crippen LogP contribution in [0.5, 0.6) is 0 Å². The summed E-state index contributed by atoms with van der Waals surface area (Å²) >= 11 is 1.54. The molecule has 1 aromatic heterocycles. The summed E-state index contributed by atoms with van der Waals surface area (Å²) in [7, 11) is 1.78. The molecule has 7 heteroatoms. The summed E-state index contributed by atoms with van der Waals surface area (Å²) in [6.07, 6.45) is 1.69. The average molecular weight is 479 g/mol. The van der Waals surface area contributed by atoms with Crippen LogP contribution in [0.25, 0.3) is 0 Å². The molecule has 0 saturated heterocycles. The predicted molar refractivity (Wildman–Crippen MR) is 140 cm³/mol. The first kappa shape index (κ1) is 25.4. The van der Waals surface area contributed by atoms with Crippen molar-refractivity contribution in [2.75, 3.05) is 18.5 Å². The lowest BCUT2D eigenvalue weighted by Gasteiger charge is -2.30. The molecule has 0 spiro atoms. The Hall–Kier alpha value is -3.19. The molecule has 0 bridgehead atoms. The van der Waals surface area contributed by atoms with Gasteiger partial charge in [-0.3, -0.25) is 9.59 Å². The topological polar surface area (TPSA) is 65.5 Å². The Balaban J connectivity index is 2.10. The average Bonchev–Trinajstić information content (AvgIpc) is 3.26. The van der Waals surface area contributed by atoms with Gasteiger partial charge in [0, 0.05) is 36.4 Å². The molecule has 2 aromatic carbocycles. The SMILES string of the molecule is CCCN(c1ccccc1)c1c(C(=O)NC(C)CC)cccc1C(=O)N(C)Cc1nc(C)cs1. The zero-order valence-electron chi connectivity index (χ0n) is 20.7. The van der Waals surface area contributed by atoms with Crippen molar-refractivity contribution in [3.8, 4) is 0 Å². The maximum Gasteiger partial charge on any atom is 0.256 e. The molecule has 6 nitrogen and oxygen atoms in total. The van der Waals surface area contributed by atoms with Gasteiger partial charge in [-0.05, 0) is 51.0 Å². The molecular weight excluding hydrogens is 444 g/mol. The number of nitrogens with zero attached hydrogens (tertiary/aromatic N) is 3. The van der Waals surface area contributed by atoms with Gasteiger partial charge < -0.3 is 15.1 Å². The largest absolute Gasteiger partial charge is 0.350 e. The van der Waals surface area contributed by atoms with Gasteiger partial charge in [-0.1, -0.05) is 38.1 Å². The molecule has 1 unspecified atom stereocenters. The second-order valence-electron chi connectivity index (χ2n) is 8.52. The minimum absolute atomic E-state index is 0.0341. The van der Waals surface area contributed by atoms with Gasteiger partial charge in [0.25, 0.3) is 11.8 Å². The summed E-state index contributed by atoms with van der Waals surface area (Å²) in [5, 5.41) is 5.94. The smallest absolute Gasteiger partial charge is 0.256 e. The van der Waals surface area contributed by atoms with Crippen molar-refractivity contribution in [1.29, 1.82) is 0 Å². The fraction of sp³-hybridized carbons (Fsp3) is 0.370. The number of hydrogen-bond donors (Lipinski definition) is 1. The summed E-state index contributed by atoms with van der Waals surface area (Å²) in [5.74, 6) is -0.313. The van der Waals surface area contributed by atoms with Crippen LogP contribution in [0.15, 0.2) is 53.9 Å². The van der Waals surface area contributed by atoms with E-state index in [-0.39, 0.29) is 17.9 Å². The first-order chi connectivity index (χ1) is 16.3. The maximum absolute atomic E-state index is 13.7. The highest BCUT2D eigenvalue weighted by atomic mass is 32.1. The van der Waals surface area contributed by atoms with Crippen molar-refractivity contribution in [1.82, 2.24) is 15.2 Å². The lowest BCUT2D eigenvalue weighted by Crippen LogP contribution is -2.35. The molecule has 0 saturated carbocycles. The quantitative estimate of drug-likeness (QED) is 0.400. The fourth-order valence-electron chi connectivity index (χ4n) is 3.75. The van der Waals surface area contributed by atoms with E-state index in [4.69, 9.17) is 0 Å². The summed E-state index contributed by atoms with van der Waals surface area (Å²) in [6, 6.07) is 15.4. The van der Waals surface area contributed by atoms with E-state index in [9.17, 15) is 9.59 Å². The number of thiazole rings is 1. The molecule has 0 fully saturated rings. The van der Waals surface area contributed by atoms with Crippen LogP contribution in [-0.2, 0) is 6.54 Å². The van der Waals surface area contributed by atoms with Crippen molar-refractivity contribution in [2.24, 2.45) is 0 Å². The minimum Gasteiger partial charge on any atom is -0.350 e. The number of carbonyl (C=O) groups is 2. The highest BCUT2D eigenvalue weighted by molar-refractivity contribution is 7.09. The highest BCUT2D eigenvalue weighted by Gasteiger charge is 2.26. The standard InChI is InChI=1S/C27H34N4O2S/c1-6-16-31(21-12-9-8-10-13-21)25-22(26(32)29-19(3)7-2)14-11-15-23(25)27(33)30(5)17-24-28-20(4)18-34-24/h8-15,18-19H,6-7,16-17H2,1-5H3,(H,29,32). The number of benzene rings is 2. The molecule has 3 rings (SSSR count). The second kappa shape index (κ2) is 11.8. The molecule has 1 heterocycles. The molecule has 0 aliphatic heterocycles. The number of aryl methyl sites for hydroxylation is 1. The Labute approximate surface area is 206 Å². The number of rotatable bonds is 10. The molecule has 180 valence electrons. The van der Waals surface area contributed by atoms with Crippen LogP contribution in [0.4, 0.5) is 11.4 Å². The van der Waals surface area contributed by atoms with Gasteiger partial charge in [0.1, 0.15) is 5.01 Å². The first-order valence-corrected chi connectivity index (χ1v) is 12.7. The molecule has 0 radical (unpaired) electrons. The second-order valence-corrected chi connectivity index (χ2v) is 9.46. The van der Waals surface area contributed by atoms with Crippen molar-refractivity contribution in [3.05, 3.63) is 75.7 Å². The molecule has 0 aliphatic carbocycles.